The Kier molecular flexibility index (Phi) is 7.75. The molecule has 0 bridgehead atoms. The average Bonchev–Trinajstić information content (AvgIpc) is 2.99. The third kappa shape index (κ3) is 6.35. The fourth-order valence-electron chi connectivity index (χ4n) is 3.11. The monoisotopic (exact) mass is 448 g/mol. The summed E-state index contributed by atoms with van der Waals surface area (Å²) in [7, 11) is -3.77. The van der Waals surface area contributed by atoms with Crippen LogP contribution in [-0.4, -0.2) is 40.7 Å². The number of hydrogen-bond donors (Lipinski definition) is 2. The van der Waals surface area contributed by atoms with Gasteiger partial charge in [-0.15, -0.1) is 0 Å². The van der Waals surface area contributed by atoms with Gasteiger partial charge in [0, 0.05) is 25.5 Å². The highest BCUT2D eigenvalue weighted by Gasteiger charge is 2.19. The third-order valence-corrected chi connectivity index (χ3v) is 6.20. The second-order valence-corrected chi connectivity index (χ2v) is 8.86. The quantitative estimate of drug-likeness (QED) is 0.612. The lowest BCUT2D eigenvalue weighted by atomic mass is 10.1. The van der Waals surface area contributed by atoms with Gasteiger partial charge in [-0.05, 0) is 43.7 Å². The third-order valence-electron chi connectivity index (χ3n) is 4.74. The summed E-state index contributed by atoms with van der Waals surface area (Å²) in [6.45, 7) is 5.36. The molecule has 31 heavy (non-hydrogen) atoms. The normalized spacial score (nSPS) is 14.4. The van der Waals surface area contributed by atoms with Gasteiger partial charge in [0.1, 0.15) is 5.75 Å². The second kappa shape index (κ2) is 10.5. The molecule has 0 spiro atoms. The van der Waals surface area contributed by atoms with Crippen LogP contribution in [0.1, 0.15) is 38.3 Å². The van der Waals surface area contributed by atoms with Crippen LogP contribution in [0.2, 0.25) is 0 Å². The van der Waals surface area contributed by atoms with Crippen LogP contribution in [0, 0.1) is 0 Å². The van der Waals surface area contributed by atoms with E-state index < -0.39 is 10.0 Å². The van der Waals surface area contributed by atoms with Gasteiger partial charge in [0.05, 0.1) is 30.8 Å². The summed E-state index contributed by atoms with van der Waals surface area (Å²) in [5, 5.41) is 2.87. The zero-order chi connectivity index (χ0) is 22.3. The molecule has 2 aromatic rings. The van der Waals surface area contributed by atoms with E-state index in [2.05, 4.69) is 10.0 Å². The second-order valence-electron chi connectivity index (χ2n) is 7.10. The molecule has 0 aromatic heterocycles. The highest BCUT2D eigenvalue weighted by Crippen LogP contribution is 2.31. The predicted molar refractivity (Wildman–Crippen MR) is 116 cm³/mol. The summed E-state index contributed by atoms with van der Waals surface area (Å²) in [6.07, 6.45) is 0.754. The number of benzene rings is 2. The standard InChI is InChI=1S/C22H28N2O6S/c1-3-28-18-7-5-17(6-8-18)16(2)24-22(25)11-12-23-31(26,27)19-9-10-20-21(15-19)30-14-4-13-29-20/h5-10,15-16,23H,3-4,11-14H2,1-2H3,(H,24,25). The van der Waals surface area contributed by atoms with Crippen molar-refractivity contribution in [3.05, 3.63) is 48.0 Å². The molecule has 1 atom stereocenters. The van der Waals surface area contributed by atoms with Crippen LogP contribution in [0.25, 0.3) is 0 Å². The minimum Gasteiger partial charge on any atom is -0.494 e. The van der Waals surface area contributed by atoms with Crippen molar-refractivity contribution in [2.75, 3.05) is 26.4 Å². The van der Waals surface area contributed by atoms with Gasteiger partial charge >= 0.3 is 0 Å². The summed E-state index contributed by atoms with van der Waals surface area (Å²) < 4.78 is 44.1. The van der Waals surface area contributed by atoms with Crippen LogP contribution in [0.3, 0.4) is 0 Å². The van der Waals surface area contributed by atoms with E-state index >= 15 is 0 Å². The number of hydrogen-bond acceptors (Lipinski definition) is 6. The van der Waals surface area contributed by atoms with E-state index in [1.165, 1.54) is 12.1 Å². The van der Waals surface area contributed by atoms with E-state index in [0.29, 0.717) is 31.3 Å². The molecule has 2 aromatic carbocycles. The van der Waals surface area contributed by atoms with Crippen molar-refractivity contribution in [2.45, 2.75) is 37.6 Å². The van der Waals surface area contributed by atoms with Crippen molar-refractivity contribution < 1.29 is 27.4 Å². The molecular weight excluding hydrogens is 420 g/mol. The Hall–Kier alpha value is -2.78. The largest absolute Gasteiger partial charge is 0.494 e. The van der Waals surface area contributed by atoms with Gasteiger partial charge in [0.25, 0.3) is 0 Å². The number of amides is 1. The van der Waals surface area contributed by atoms with Crippen molar-refractivity contribution in [2.24, 2.45) is 0 Å². The first-order chi connectivity index (χ1) is 14.9. The first-order valence-electron chi connectivity index (χ1n) is 10.3. The number of fused-ring (bicyclic) bond motifs is 1. The molecule has 1 amide bonds. The van der Waals surface area contributed by atoms with Crippen molar-refractivity contribution in [3.8, 4) is 17.2 Å². The first-order valence-corrected chi connectivity index (χ1v) is 11.8. The molecule has 0 fully saturated rings. The zero-order valence-electron chi connectivity index (χ0n) is 17.7. The van der Waals surface area contributed by atoms with E-state index in [4.69, 9.17) is 14.2 Å². The maximum absolute atomic E-state index is 12.6. The van der Waals surface area contributed by atoms with Gasteiger partial charge in [0.2, 0.25) is 15.9 Å². The highest BCUT2D eigenvalue weighted by atomic mass is 32.2. The molecule has 8 nitrogen and oxygen atoms in total. The van der Waals surface area contributed by atoms with Crippen LogP contribution in [0.4, 0.5) is 0 Å². The minimum absolute atomic E-state index is 0.0153. The van der Waals surface area contributed by atoms with E-state index in [0.717, 1.165) is 17.7 Å². The molecule has 0 aliphatic carbocycles. The summed E-state index contributed by atoms with van der Waals surface area (Å²) in [4.78, 5) is 12.3. The number of carbonyl (C=O) groups is 1. The molecule has 0 saturated carbocycles. The van der Waals surface area contributed by atoms with Crippen molar-refractivity contribution >= 4 is 15.9 Å². The average molecular weight is 449 g/mol. The first kappa shape index (κ1) is 22.9. The van der Waals surface area contributed by atoms with E-state index in [-0.39, 0.29) is 29.8 Å². The van der Waals surface area contributed by atoms with Crippen LogP contribution >= 0.6 is 0 Å². The summed E-state index contributed by atoms with van der Waals surface area (Å²) in [6, 6.07) is 11.8. The smallest absolute Gasteiger partial charge is 0.240 e. The maximum Gasteiger partial charge on any atom is 0.240 e. The molecule has 0 radical (unpaired) electrons. The van der Waals surface area contributed by atoms with E-state index in [9.17, 15) is 13.2 Å². The van der Waals surface area contributed by atoms with Gasteiger partial charge in [0.15, 0.2) is 11.5 Å². The summed E-state index contributed by atoms with van der Waals surface area (Å²) >= 11 is 0. The Balaban J connectivity index is 1.50. The van der Waals surface area contributed by atoms with Gasteiger partial charge in [-0.3, -0.25) is 4.79 Å². The molecule has 2 N–H and O–H groups in total. The number of nitrogens with one attached hydrogen (secondary N) is 2. The van der Waals surface area contributed by atoms with Crippen molar-refractivity contribution in [1.82, 2.24) is 10.0 Å². The molecule has 168 valence electrons. The number of rotatable bonds is 9. The molecule has 0 saturated heterocycles. The van der Waals surface area contributed by atoms with Gasteiger partial charge in [-0.1, -0.05) is 12.1 Å². The zero-order valence-corrected chi connectivity index (χ0v) is 18.5. The Bertz CT molecular complexity index is 992. The van der Waals surface area contributed by atoms with E-state index in [1.807, 2.05) is 38.1 Å². The molecule has 1 aliphatic rings. The Morgan fingerprint density at radius 2 is 1.81 bits per heavy atom. The van der Waals surface area contributed by atoms with Crippen LogP contribution in [-0.2, 0) is 14.8 Å². The van der Waals surface area contributed by atoms with Gasteiger partial charge < -0.3 is 19.5 Å². The molecular formula is C22H28N2O6S. The Labute approximate surface area is 182 Å². The Morgan fingerprint density at radius 3 is 2.52 bits per heavy atom. The van der Waals surface area contributed by atoms with Crippen LogP contribution in [0.15, 0.2) is 47.4 Å². The highest BCUT2D eigenvalue weighted by molar-refractivity contribution is 7.89. The Morgan fingerprint density at radius 1 is 1.10 bits per heavy atom. The van der Waals surface area contributed by atoms with Crippen LogP contribution < -0.4 is 24.2 Å². The molecule has 1 heterocycles. The minimum atomic E-state index is -3.77. The van der Waals surface area contributed by atoms with Crippen LogP contribution in [0.5, 0.6) is 17.2 Å². The van der Waals surface area contributed by atoms with E-state index in [1.54, 1.807) is 6.07 Å². The lowest BCUT2D eigenvalue weighted by molar-refractivity contribution is -0.121. The van der Waals surface area contributed by atoms with Gasteiger partial charge in [-0.2, -0.15) is 0 Å². The molecule has 1 unspecified atom stereocenters. The lowest BCUT2D eigenvalue weighted by Crippen LogP contribution is -2.32. The van der Waals surface area contributed by atoms with Crippen molar-refractivity contribution in [3.63, 3.8) is 0 Å². The molecule has 9 heteroatoms. The lowest BCUT2D eigenvalue weighted by Gasteiger charge is -2.15. The molecule has 3 rings (SSSR count). The van der Waals surface area contributed by atoms with Gasteiger partial charge in [-0.25, -0.2) is 13.1 Å². The topological polar surface area (TPSA) is 103 Å². The van der Waals surface area contributed by atoms with Crippen molar-refractivity contribution in [1.29, 1.82) is 0 Å². The SMILES string of the molecule is CCOc1ccc(C(C)NC(=O)CCNS(=O)(=O)c2ccc3c(c2)OCCCO3)cc1. The molecule has 1 aliphatic heterocycles. The number of carbonyl (C=O) groups excluding carboxylic acids is 1. The number of ether oxygens (including phenoxy) is 3. The maximum atomic E-state index is 12.6. The number of sulfonamides is 1. The predicted octanol–water partition coefficient (Wildman–Crippen LogP) is 2.79. The summed E-state index contributed by atoms with van der Waals surface area (Å²) in [5.41, 5.74) is 0.935. The fraction of sp³-hybridized carbons (Fsp3) is 0.409. The fourth-order valence-corrected chi connectivity index (χ4v) is 4.16. The summed E-state index contributed by atoms with van der Waals surface area (Å²) in [5.74, 6) is 1.46.